The number of allylic oxidation sites excluding steroid dienone is 4. The summed E-state index contributed by atoms with van der Waals surface area (Å²) in [6.45, 7) is 11.8. The maximum atomic E-state index is 2.41. The topological polar surface area (TPSA) is 0 Å². The second kappa shape index (κ2) is 4.39. The zero-order valence-electron chi connectivity index (χ0n) is 11.5. The third kappa shape index (κ3) is 1.77. The van der Waals surface area contributed by atoms with Gasteiger partial charge in [0.2, 0.25) is 0 Å². The van der Waals surface area contributed by atoms with Crippen LogP contribution in [0.4, 0.5) is 0 Å². The van der Waals surface area contributed by atoms with Crippen LogP contribution in [0.3, 0.4) is 0 Å². The van der Waals surface area contributed by atoms with E-state index in [1.54, 1.807) is 28.2 Å². The van der Waals surface area contributed by atoms with E-state index in [0.29, 0.717) is 0 Å². The van der Waals surface area contributed by atoms with Crippen molar-refractivity contribution in [1.82, 2.24) is 0 Å². The highest BCUT2D eigenvalue weighted by molar-refractivity contribution is 5.59. The lowest BCUT2D eigenvalue weighted by molar-refractivity contribution is 0.362. The van der Waals surface area contributed by atoms with E-state index in [9.17, 15) is 0 Å². The van der Waals surface area contributed by atoms with Crippen LogP contribution in [0, 0.1) is 17.8 Å². The third-order valence-electron chi connectivity index (χ3n) is 4.70. The molecule has 2 atom stereocenters. The lowest BCUT2D eigenvalue weighted by Gasteiger charge is -2.29. The van der Waals surface area contributed by atoms with E-state index in [1.165, 1.54) is 25.7 Å². The molecule has 0 aromatic carbocycles. The molecule has 2 rings (SSSR count). The molecule has 2 aliphatic carbocycles. The van der Waals surface area contributed by atoms with Crippen LogP contribution in [-0.4, -0.2) is 0 Å². The standard InChI is InChI=1S/C16H25/c1-6-7-14-12(4)15-8-10(2)11(3)9-16(15)13(14)5/h10-11H,6-9H2,1-5H3. The predicted octanol–water partition coefficient (Wildman–Crippen LogP) is 5.07. The maximum Gasteiger partial charge on any atom is 0.0232 e. The summed E-state index contributed by atoms with van der Waals surface area (Å²) in [6.07, 6.45) is 5.17. The van der Waals surface area contributed by atoms with Crippen molar-refractivity contribution in [3.05, 3.63) is 28.2 Å². The SMILES string of the molecule is CCCC1=C(C)C2=C(CC(C)C(C)C2)[C]1C. The van der Waals surface area contributed by atoms with Crippen LogP contribution in [0.1, 0.15) is 60.3 Å². The summed E-state index contributed by atoms with van der Waals surface area (Å²) in [7, 11) is 0. The van der Waals surface area contributed by atoms with Gasteiger partial charge in [-0.25, -0.2) is 0 Å². The molecule has 89 valence electrons. The van der Waals surface area contributed by atoms with Crippen LogP contribution in [0.25, 0.3) is 0 Å². The number of rotatable bonds is 2. The average Bonchev–Trinajstić information content (AvgIpc) is 2.46. The van der Waals surface area contributed by atoms with Crippen molar-refractivity contribution in [2.75, 3.05) is 0 Å². The smallest absolute Gasteiger partial charge is 0.0232 e. The minimum absolute atomic E-state index is 0.863. The molecule has 0 aromatic heterocycles. The lowest BCUT2D eigenvalue weighted by Crippen LogP contribution is -2.17. The minimum atomic E-state index is 0.863. The van der Waals surface area contributed by atoms with Crippen molar-refractivity contribution >= 4 is 0 Å². The monoisotopic (exact) mass is 217 g/mol. The third-order valence-corrected chi connectivity index (χ3v) is 4.70. The van der Waals surface area contributed by atoms with Gasteiger partial charge in [0.05, 0.1) is 0 Å². The van der Waals surface area contributed by atoms with Crippen molar-refractivity contribution in [2.24, 2.45) is 11.8 Å². The molecule has 0 saturated carbocycles. The fraction of sp³-hybridized carbons (Fsp3) is 0.688. The zero-order chi connectivity index (χ0) is 11.9. The fourth-order valence-electron chi connectivity index (χ4n) is 3.32. The molecule has 1 radical (unpaired) electrons. The van der Waals surface area contributed by atoms with Gasteiger partial charge in [-0.1, -0.05) is 45.3 Å². The maximum absolute atomic E-state index is 2.41. The molecule has 0 N–H and O–H groups in total. The molecule has 0 heterocycles. The molecule has 0 saturated heterocycles. The van der Waals surface area contributed by atoms with Gasteiger partial charge in [0.15, 0.2) is 0 Å². The summed E-state index contributed by atoms with van der Waals surface area (Å²) >= 11 is 0. The van der Waals surface area contributed by atoms with E-state index in [2.05, 4.69) is 34.6 Å². The predicted molar refractivity (Wildman–Crippen MR) is 71.1 cm³/mol. The Kier molecular flexibility index (Phi) is 3.28. The van der Waals surface area contributed by atoms with Crippen molar-refractivity contribution in [2.45, 2.75) is 60.3 Å². The molecular weight excluding hydrogens is 192 g/mol. The highest BCUT2D eigenvalue weighted by Crippen LogP contribution is 2.49. The van der Waals surface area contributed by atoms with Crippen LogP contribution in [-0.2, 0) is 0 Å². The summed E-state index contributed by atoms with van der Waals surface area (Å²) in [4.78, 5) is 0. The Morgan fingerprint density at radius 3 is 2.12 bits per heavy atom. The normalized spacial score (nSPS) is 31.3. The molecule has 0 amide bonds. The first-order valence-corrected chi connectivity index (χ1v) is 6.82. The van der Waals surface area contributed by atoms with Crippen molar-refractivity contribution < 1.29 is 0 Å². The van der Waals surface area contributed by atoms with E-state index in [0.717, 1.165) is 11.8 Å². The molecule has 0 aliphatic heterocycles. The summed E-state index contributed by atoms with van der Waals surface area (Å²) in [5, 5.41) is 0. The molecule has 0 aromatic rings. The van der Waals surface area contributed by atoms with Gasteiger partial charge >= 0.3 is 0 Å². The van der Waals surface area contributed by atoms with Gasteiger partial charge in [-0.05, 0) is 49.2 Å². The van der Waals surface area contributed by atoms with Gasteiger partial charge in [-0.2, -0.15) is 0 Å². The highest BCUT2D eigenvalue weighted by Gasteiger charge is 2.34. The Balaban J connectivity index is 2.29. The van der Waals surface area contributed by atoms with Gasteiger partial charge < -0.3 is 0 Å². The van der Waals surface area contributed by atoms with E-state index < -0.39 is 0 Å². The Labute approximate surface area is 101 Å². The van der Waals surface area contributed by atoms with E-state index in [4.69, 9.17) is 0 Å². The largest absolute Gasteiger partial charge is 0.0651 e. The summed E-state index contributed by atoms with van der Waals surface area (Å²) in [5.74, 6) is 3.35. The van der Waals surface area contributed by atoms with Crippen LogP contribution in [0.15, 0.2) is 22.3 Å². The zero-order valence-corrected chi connectivity index (χ0v) is 11.5. The van der Waals surface area contributed by atoms with E-state index in [-0.39, 0.29) is 0 Å². The molecule has 0 heteroatoms. The van der Waals surface area contributed by atoms with Crippen LogP contribution >= 0.6 is 0 Å². The van der Waals surface area contributed by atoms with Gasteiger partial charge in [-0.3, -0.25) is 0 Å². The minimum Gasteiger partial charge on any atom is -0.0651 e. The fourth-order valence-corrected chi connectivity index (χ4v) is 3.32. The van der Waals surface area contributed by atoms with E-state index in [1.807, 2.05) is 0 Å². The van der Waals surface area contributed by atoms with Crippen molar-refractivity contribution in [3.63, 3.8) is 0 Å². The van der Waals surface area contributed by atoms with Crippen molar-refractivity contribution in [1.29, 1.82) is 0 Å². The number of hydrogen-bond donors (Lipinski definition) is 0. The van der Waals surface area contributed by atoms with Gasteiger partial charge in [0, 0.05) is 5.92 Å². The van der Waals surface area contributed by atoms with Gasteiger partial charge in [0.25, 0.3) is 0 Å². The second-order valence-corrected chi connectivity index (χ2v) is 5.80. The molecular formula is C16H25. The number of hydrogen-bond acceptors (Lipinski definition) is 0. The summed E-state index contributed by atoms with van der Waals surface area (Å²) in [6, 6.07) is 0. The summed E-state index contributed by atoms with van der Waals surface area (Å²) < 4.78 is 0. The van der Waals surface area contributed by atoms with Crippen LogP contribution in [0.2, 0.25) is 0 Å². The summed E-state index contributed by atoms with van der Waals surface area (Å²) in [5.41, 5.74) is 6.68. The Morgan fingerprint density at radius 2 is 1.56 bits per heavy atom. The quantitative estimate of drug-likeness (QED) is 0.605. The molecule has 0 bridgehead atoms. The van der Waals surface area contributed by atoms with Crippen LogP contribution in [0.5, 0.6) is 0 Å². The molecule has 16 heavy (non-hydrogen) atoms. The Morgan fingerprint density at radius 1 is 1.00 bits per heavy atom. The first-order chi connectivity index (χ1) is 7.56. The second-order valence-electron chi connectivity index (χ2n) is 5.80. The molecule has 2 unspecified atom stereocenters. The van der Waals surface area contributed by atoms with E-state index >= 15 is 0 Å². The average molecular weight is 217 g/mol. The van der Waals surface area contributed by atoms with Gasteiger partial charge in [-0.15, -0.1) is 0 Å². The Bertz CT molecular complexity index is 343. The lowest BCUT2D eigenvalue weighted by atomic mass is 9.76. The van der Waals surface area contributed by atoms with Gasteiger partial charge in [0.1, 0.15) is 0 Å². The van der Waals surface area contributed by atoms with Crippen LogP contribution < -0.4 is 0 Å². The molecule has 0 spiro atoms. The first-order valence-electron chi connectivity index (χ1n) is 6.82. The first kappa shape index (κ1) is 12.0. The molecule has 2 aliphatic rings. The molecule has 0 nitrogen and oxygen atoms in total. The Hall–Kier alpha value is -0.520. The molecule has 0 fully saturated rings. The van der Waals surface area contributed by atoms with Crippen molar-refractivity contribution in [3.8, 4) is 0 Å². The highest BCUT2D eigenvalue weighted by atomic mass is 14.4.